The minimum atomic E-state index is -2.54. The lowest BCUT2D eigenvalue weighted by molar-refractivity contribution is -0.0361. The lowest BCUT2D eigenvalue weighted by Crippen LogP contribution is -2.32. The number of alkyl halides is 2. The third-order valence-corrected chi connectivity index (χ3v) is 5.68. The van der Waals surface area contributed by atoms with Crippen molar-refractivity contribution in [3.63, 3.8) is 0 Å². The molecular formula is C20H21F2N7. The Morgan fingerprint density at radius 1 is 1.14 bits per heavy atom. The van der Waals surface area contributed by atoms with Crippen molar-refractivity contribution in [2.45, 2.75) is 44.6 Å². The monoisotopic (exact) mass is 397 g/mol. The first-order valence-electron chi connectivity index (χ1n) is 9.69. The van der Waals surface area contributed by atoms with Gasteiger partial charge in [-0.3, -0.25) is 0 Å². The Kier molecular flexibility index (Phi) is 4.01. The molecule has 1 N–H and O–H groups in total. The van der Waals surface area contributed by atoms with Crippen LogP contribution in [0.5, 0.6) is 0 Å². The Balaban J connectivity index is 1.43. The molecule has 0 bridgehead atoms. The van der Waals surface area contributed by atoms with Crippen LogP contribution in [0.2, 0.25) is 0 Å². The van der Waals surface area contributed by atoms with E-state index in [9.17, 15) is 8.78 Å². The number of halogens is 2. The van der Waals surface area contributed by atoms with E-state index in [1.807, 2.05) is 42.9 Å². The fraction of sp³-hybridized carbons (Fsp3) is 0.400. The summed E-state index contributed by atoms with van der Waals surface area (Å²) in [6, 6.07) is 5.83. The van der Waals surface area contributed by atoms with Gasteiger partial charge in [0.15, 0.2) is 5.65 Å². The molecule has 150 valence electrons. The zero-order valence-electron chi connectivity index (χ0n) is 16.2. The molecule has 1 fully saturated rings. The quantitative estimate of drug-likeness (QED) is 0.566. The molecule has 0 spiro atoms. The Morgan fingerprint density at radius 2 is 1.93 bits per heavy atom. The molecular weight excluding hydrogens is 376 g/mol. The molecule has 4 aromatic heterocycles. The number of nitrogens with zero attached hydrogens (tertiary/aromatic N) is 6. The fourth-order valence-corrected chi connectivity index (χ4v) is 3.88. The summed E-state index contributed by atoms with van der Waals surface area (Å²) in [4.78, 5) is 13.7. The van der Waals surface area contributed by atoms with Gasteiger partial charge < -0.3 is 9.88 Å². The average molecular weight is 397 g/mol. The summed E-state index contributed by atoms with van der Waals surface area (Å²) in [5.74, 6) is -1.19. The summed E-state index contributed by atoms with van der Waals surface area (Å²) in [6.07, 6.45) is 4.23. The van der Waals surface area contributed by atoms with Crippen molar-refractivity contribution in [1.29, 1.82) is 0 Å². The van der Waals surface area contributed by atoms with Crippen LogP contribution in [0.15, 0.2) is 30.6 Å². The molecule has 4 aromatic rings. The third-order valence-electron chi connectivity index (χ3n) is 5.68. The highest BCUT2D eigenvalue weighted by Crippen LogP contribution is 2.34. The molecule has 0 aliphatic heterocycles. The zero-order chi connectivity index (χ0) is 20.2. The molecule has 0 unspecified atom stereocenters. The van der Waals surface area contributed by atoms with Crippen molar-refractivity contribution in [1.82, 2.24) is 29.1 Å². The number of aryl methyl sites for hydroxylation is 2. The molecule has 1 saturated carbocycles. The normalized spacial score (nSPS) is 17.2. The lowest BCUT2D eigenvalue weighted by atomic mass is 9.92. The minimum absolute atomic E-state index is 0.0285. The van der Waals surface area contributed by atoms with Gasteiger partial charge in [-0.15, -0.1) is 5.10 Å². The van der Waals surface area contributed by atoms with Crippen molar-refractivity contribution in [2.24, 2.45) is 7.05 Å². The molecule has 0 amide bonds. The van der Waals surface area contributed by atoms with E-state index in [2.05, 4.69) is 20.4 Å². The first kappa shape index (κ1) is 18.0. The third kappa shape index (κ3) is 3.20. The second-order valence-electron chi connectivity index (χ2n) is 7.67. The van der Waals surface area contributed by atoms with Crippen LogP contribution in [-0.4, -0.2) is 41.1 Å². The minimum Gasteiger partial charge on any atom is -0.350 e. The topological polar surface area (TPSA) is 72.9 Å². The molecule has 5 rings (SSSR count). The number of imidazole rings is 1. The maximum atomic E-state index is 13.3. The number of fused-ring (bicyclic) bond motifs is 2. The Labute approximate surface area is 165 Å². The van der Waals surface area contributed by atoms with Crippen LogP contribution in [0.4, 0.5) is 14.7 Å². The number of hydrogen-bond acceptors (Lipinski definition) is 5. The first-order chi connectivity index (χ1) is 13.9. The molecule has 1 aliphatic rings. The summed E-state index contributed by atoms with van der Waals surface area (Å²) >= 11 is 0. The van der Waals surface area contributed by atoms with Crippen LogP contribution in [0.1, 0.15) is 31.5 Å². The van der Waals surface area contributed by atoms with Crippen molar-refractivity contribution in [2.75, 3.05) is 5.32 Å². The molecule has 0 atom stereocenters. The Morgan fingerprint density at radius 3 is 2.72 bits per heavy atom. The number of anilines is 1. The molecule has 0 radical (unpaired) electrons. The Hall–Kier alpha value is -3.10. The highest BCUT2D eigenvalue weighted by molar-refractivity contribution is 5.82. The van der Waals surface area contributed by atoms with Crippen molar-refractivity contribution < 1.29 is 8.78 Å². The van der Waals surface area contributed by atoms with Gasteiger partial charge in [0, 0.05) is 37.7 Å². The van der Waals surface area contributed by atoms with Crippen molar-refractivity contribution >= 4 is 22.6 Å². The average Bonchev–Trinajstić information content (AvgIpc) is 3.24. The number of rotatable bonds is 3. The van der Waals surface area contributed by atoms with E-state index < -0.39 is 5.92 Å². The number of pyridine rings is 1. The summed E-state index contributed by atoms with van der Waals surface area (Å²) in [7, 11) is 1.95. The van der Waals surface area contributed by atoms with Crippen LogP contribution in [-0.2, 0) is 7.05 Å². The van der Waals surface area contributed by atoms with E-state index >= 15 is 0 Å². The molecule has 29 heavy (non-hydrogen) atoms. The predicted octanol–water partition coefficient (Wildman–Crippen LogP) is 3.98. The molecule has 1 aliphatic carbocycles. The number of hydrogen-bond donors (Lipinski definition) is 1. The van der Waals surface area contributed by atoms with E-state index in [1.165, 1.54) is 0 Å². The van der Waals surface area contributed by atoms with Gasteiger partial charge in [-0.1, -0.05) is 0 Å². The van der Waals surface area contributed by atoms with Crippen molar-refractivity contribution in [3.8, 4) is 11.3 Å². The maximum Gasteiger partial charge on any atom is 0.248 e. The van der Waals surface area contributed by atoms with Crippen LogP contribution >= 0.6 is 0 Å². The second kappa shape index (κ2) is 6.47. The van der Waals surface area contributed by atoms with E-state index in [-0.39, 0.29) is 18.9 Å². The summed E-state index contributed by atoms with van der Waals surface area (Å²) < 4.78 is 30.4. The molecule has 7 nitrogen and oxygen atoms in total. The van der Waals surface area contributed by atoms with Gasteiger partial charge in [0.05, 0.1) is 17.4 Å². The van der Waals surface area contributed by atoms with E-state index in [0.717, 1.165) is 33.8 Å². The fourth-order valence-electron chi connectivity index (χ4n) is 3.88. The van der Waals surface area contributed by atoms with E-state index in [4.69, 9.17) is 4.98 Å². The first-order valence-corrected chi connectivity index (χ1v) is 9.69. The van der Waals surface area contributed by atoms with Crippen LogP contribution < -0.4 is 5.32 Å². The number of aromatic nitrogens is 6. The lowest BCUT2D eigenvalue weighted by Gasteiger charge is -2.28. The standard InChI is InChI=1S/C20H21F2N7/c1-12-24-16-4-3-15(26-18(16)28(12)2)14-7-10-29-17(14)11-23-19(27-29)25-13-5-8-20(21,22)9-6-13/h3-4,7,10-11,13H,5-6,8-9H2,1-2H3,(H,25,27). The van der Waals surface area contributed by atoms with Crippen molar-refractivity contribution in [3.05, 3.63) is 36.4 Å². The predicted molar refractivity (Wildman–Crippen MR) is 106 cm³/mol. The highest BCUT2D eigenvalue weighted by Gasteiger charge is 2.35. The number of nitrogens with one attached hydrogen (secondary N) is 1. The van der Waals surface area contributed by atoms with Gasteiger partial charge in [-0.2, -0.15) is 0 Å². The molecule has 0 saturated heterocycles. The van der Waals surface area contributed by atoms with Gasteiger partial charge in [0.2, 0.25) is 11.9 Å². The largest absolute Gasteiger partial charge is 0.350 e. The van der Waals surface area contributed by atoms with Gasteiger partial charge in [0.1, 0.15) is 11.3 Å². The molecule has 9 heteroatoms. The van der Waals surface area contributed by atoms with Gasteiger partial charge in [-0.05, 0) is 38.0 Å². The van der Waals surface area contributed by atoms with Gasteiger partial charge >= 0.3 is 0 Å². The molecule has 0 aromatic carbocycles. The van der Waals surface area contributed by atoms with Gasteiger partial charge in [0.25, 0.3) is 0 Å². The maximum absolute atomic E-state index is 13.3. The van der Waals surface area contributed by atoms with Crippen LogP contribution in [0, 0.1) is 6.92 Å². The van der Waals surface area contributed by atoms with Crippen LogP contribution in [0.3, 0.4) is 0 Å². The summed E-state index contributed by atoms with van der Waals surface area (Å²) in [5.41, 5.74) is 4.26. The Bertz CT molecular complexity index is 1200. The van der Waals surface area contributed by atoms with E-state index in [1.54, 1.807) is 10.7 Å². The highest BCUT2D eigenvalue weighted by atomic mass is 19.3. The summed E-state index contributed by atoms with van der Waals surface area (Å²) in [5, 5.41) is 7.69. The summed E-state index contributed by atoms with van der Waals surface area (Å²) in [6.45, 7) is 1.95. The SMILES string of the molecule is Cc1nc2ccc(-c3ccn4nc(NC5CCC(F)(F)CC5)ncc34)nc2n1C. The van der Waals surface area contributed by atoms with Gasteiger partial charge in [-0.25, -0.2) is 28.2 Å². The zero-order valence-corrected chi connectivity index (χ0v) is 16.2. The van der Waals surface area contributed by atoms with E-state index in [0.29, 0.717) is 18.8 Å². The smallest absolute Gasteiger partial charge is 0.248 e. The second-order valence-corrected chi connectivity index (χ2v) is 7.67. The van der Waals surface area contributed by atoms with Crippen LogP contribution in [0.25, 0.3) is 27.9 Å². The molecule has 4 heterocycles.